The predicted octanol–water partition coefficient (Wildman–Crippen LogP) is 4.22. The van der Waals surface area contributed by atoms with Crippen LogP contribution in [0.4, 0.5) is 4.39 Å². The molecule has 0 amide bonds. The molecule has 2 nitrogen and oxygen atoms in total. The highest BCUT2D eigenvalue weighted by atomic mass is 19.1. The first-order valence-corrected chi connectivity index (χ1v) is 7.46. The van der Waals surface area contributed by atoms with Gasteiger partial charge in [0.2, 0.25) is 0 Å². The molecule has 0 atom stereocenters. The Morgan fingerprint density at radius 2 is 1.73 bits per heavy atom. The van der Waals surface area contributed by atoms with Crippen molar-refractivity contribution in [2.45, 2.75) is 25.7 Å². The summed E-state index contributed by atoms with van der Waals surface area (Å²) >= 11 is 0. The van der Waals surface area contributed by atoms with Crippen LogP contribution in [0.1, 0.15) is 35.1 Å². The van der Waals surface area contributed by atoms with E-state index in [0.717, 1.165) is 30.9 Å². The number of carboxylic acid groups (broad SMARTS) is 1. The van der Waals surface area contributed by atoms with Gasteiger partial charge in [0.25, 0.3) is 0 Å². The van der Waals surface area contributed by atoms with Crippen molar-refractivity contribution >= 4 is 11.5 Å². The third kappa shape index (κ3) is 3.08. The average Bonchev–Trinajstić information content (AvgIpc) is 2.52. The van der Waals surface area contributed by atoms with Gasteiger partial charge in [-0.15, -0.1) is 0 Å². The van der Waals surface area contributed by atoms with E-state index in [0.29, 0.717) is 11.1 Å². The Labute approximate surface area is 128 Å². The normalized spacial score (nSPS) is 14.5. The molecule has 1 aliphatic rings. The number of rotatable bonds is 3. The number of hydrogen-bond acceptors (Lipinski definition) is 1. The summed E-state index contributed by atoms with van der Waals surface area (Å²) in [5.41, 5.74) is 4.56. The van der Waals surface area contributed by atoms with E-state index in [4.69, 9.17) is 5.11 Å². The molecular weight excluding hydrogens is 279 g/mol. The topological polar surface area (TPSA) is 37.3 Å². The number of carboxylic acids is 1. The molecule has 0 spiro atoms. The van der Waals surface area contributed by atoms with Gasteiger partial charge in [-0.2, -0.15) is 0 Å². The Bertz CT molecular complexity index is 747. The lowest BCUT2D eigenvalue weighted by molar-refractivity contribution is -0.131. The number of halogens is 1. The zero-order chi connectivity index (χ0) is 15.5. The van der Waals surface area contributed by atoms with Crippen molar-refractivity contribution in [2.24, 2.45) is 0 Å². The summed E-state index contributed by atoms with van der Waals surface area (Å²) in [5, 5.41) is 9.14. The summed E-state index contributed by atoms with van der Waals surface area (Å²) in [7, 11) is 0. The monoisotopic (exact) mass is 296 g/mol. The van der Waals surface area contributed by atoms with Crippen molar-refractivity contribution in [3.8, 4) is 0 Å². The first-order valence-electron chi connectivity index (χ1n) is 7.46. The van der Waals surface area contributed by atoms with Gasteiger partial charge in [-0.05, 0) is 65.6 Å². The Hall–Kier alpha value is -2.42. The van der Waals surface area contributed by atoms with E-state index >= 15 is 0 Å². The standard InChI is InChI=1S/C19H17FO2/c20-17-7-3-6-15(11-17)18(12-19(21)22)16-9-8-13-4-1-2-5-14(13)10-16/h3,6-12H,1-2,4-5H2,(H,21,22)/b18-12+. The molecule has 3 heteroatoms. The van der Waals surface area contributed by atoms with Gasteiger partial charge < -0.3 is 5.11 Å². The second-order valence-corrected chi connectivity index (χ2v) is 5.60. The number of aliphatic carboxylic acids is 1. The van der Waals surface area contributed by atoms with Crippen LogP contribution in [0.2, 0.25) is 0 Å². The highest BCUT2D eigenvalue weighted by Gasteiger charge is 2.13. The van der Waals surface area contributed by atoms with Crippen LogP contribution in [0.25, 0.3) is 5.57 Å². The smallest absolute Gasteiger partial charge is 0.328 e. The number of benzene rings is 2. The van der Waals surface area contributed by atoms with Crippen LogP contribution in [0.5, 0.6) is 0 Å². The fraction of sp³-hybridized carbons (Fsp3) is 0.211. The molecule has 0 aromatic heterocycles. The number of hydrogen-bond donors (Lipinski definition) is 1. The minimum atomic E-state index is -1.03. The van der Waals surface area contributed by atoms with Crippen LogP contribution in [-0.4, -0.2) is 11.1 Å². The summed E-state index contributed by atoms with van der Waals surface area (Å²) in [6, 6.07) is 12.1. The van der Waals surface area contributed by atoms with E-state index in [9.17, 15) is 9.18 Å². The fourth-order valence-electron chi connectivity index (χ4n) is 3.01. The molecule has 2 aromatic rings. The van der Waals surface area contributed by atoms with Crippen molar-refractivity contribution < 1.29 is 14.3 Å². The third-order valence-electron chi connectivity index (χ3n) is 4.06. The molecule has 0 aliphatic heterocycles. The summed E-state index contributed by atoms with van der Waals surface area (Å²) in [6.45, 7) is 0. The molecule has 0 bridgehead atoms. The Kier molecular flexibility index (Phi) is 4.05. The maximum atomic E-state index is 13.5. The van der Waals surface area contributed by atoms with Gasteiger partial charge in [-0.1, -0.05) is 30.3 Å². The van der Waals surface area contributed by atoms with E-state index in [1.807, 2.05) is 12.1 Å². The Balaban J connectivity index is 2.09. The number of fused-ring (bicyclic) bond motifs is 1. The van der Waals surface area contributed by atoms with Crippen LogP contribution < -0.4 is 0 Å². The SMILES string of the molecule is O=C(O)/C=C(\c1cccc(F)c1)c1ccc2c(c1)CCCC2. The predicted molar refractivity (Wildman–Crippen MR) is 84.2 cm³/mol. The van der Waals surface area contributed by atoms with Gasteiger partial charge >= 0.3 is 5.97 Å². The molecule has 0 saturated carbocycles. The van der Waals surface area contributed by atoms with Gasteiger partial charge in [0.1, 0.15) is 5.82 Å². The lowest BCUT2D eigenvalue weighted by Crippen LogP contribution is -2.04. The Morgan fingerprint density at radius 3 is 2.45 bits per heavy atom. The molecule has 0 radical (unpaired) electrons. The molecule has 1 aliphatic carbocycles. The van der Waals surface area contributed by atoms with Gasteiger partial charge in [0, 0.05) is 6.08 Å². The summed E-state index contributed by atoms with van der Waals surface area (Å²) in [5.74, 6) is -1.40. The van der Waals surface area contributed by atoms with Crippen molar-refractivity contribution in [2.75, 3.05) is 0 Å². The minimum Gasteiger partial charge on any atom is -0.478 e. The molecule has 2 aromatic carbocycles. The second kappa shape index (κ2) is 6.14. The third-order valence-corrected chi connectivity index (χ3v) is 4.06. The number of carbonyl (C=O) groups is 1. The maximum Gasteiger partial charge on any atom is 0.328 e. The largest absolute Gasteiger partial charge is 0.478 e. The average molecular weight is 296 g/mol. The molecule has 0 unspecified atom stereocenters. The van der Waals surface area contributed by atoms with Gasteiger partial charge in [0.05, 0.1) is 0 Å². The zero-order valence-corrected chi connectivity index (χ0v) is 12.2. The maximum absolute atomic E-state index is 13.5. The molecule has 112 valence electrons. The van der Waals surface area contributed by atoms with E-state index in [-0.39, 0.29) is 5.82 Å². The minimum absolute atomic E-state index is 0.369. The van der Waals surface area contributed by atoms with Crippen LogP contribution in [0, 0.1) is 5.82 Å². The molecular formula is C19H17FO2. The lowest BCUT2D eigenvalue weighted by Gasteiger charge is -2.17. The molecule has 0 heterocycles. The zero-order valence-electron chi connectivity index (χ0n) is 12.2. The molecule has 0 saturated heterocycles. The lowest BCUT2D eigenvalue weighted by atomic mass is 9.87. The molecule has 1 N–H and O–H groups in total. The van der Waals surface area contributed by atoms with E-state index in [2.05, 4.69) is 6.07 Å². The second-order valence-electron chi connectivity index (χ2n) is 5.60. The van der Waals surface area contributed by atoms with Crippen LogP contribution in [-0.2, 0) is 17.6 Å². The van der Waals surface area contributed by atoms with Gasteiger partial charge in [-0.25, -0.2) is 9.18 Å². The van der Waals surface area contributed by atoms with Gasteiger partial charge in [0.15, 0.2) is 0 Å². The summed E-state index contributed by atoms with van der Waals surface area (Å²) < 4.78 is 13.5. The summed E-state index contributed by atoms with van der Waals surface area (Å²) in [4.78, 5) is 11.2. The first kappa shape index (κ1) is 14.5. The Morgan fingerprint density at radius 1 is 1.00 bits per heavy atom. The van der Waals surface area contributed by atoms with Crippen molar-refractivity contribution in [1.82, 2.24) is 0 Å². The number of aryl methyl sites for hydroxylation is 2. The van der Waals surface area contributed by atoms with Crippen molar-refractivity contribution in [3.05, 3.63) is 76.6 Å². The molecule has 0 fully saturated rings. The highest BCUT2D eigenvalue weighted by molar-refractivity contribution is 5.95. The van der Waals surface area contributed by atoms with Crippen molar-refractivity contribution in [3.63, 3.8) is 0 Å². The van der Waals surface area contributed by atoms with E-state index < -0.39 is 5.97 Å². The van der Waals surface area contributed by atoms with Crippen LogP contribution in [0.15, 0.2) is 48.5 Å². The van der Waals surface area contributed by atoms with Crippen LogP contribution >= 0.6 is 0 Å². The van der Waals surface area contributed by atoms with Gasteiger partial charge in [-0.3, -0.25) is 0 Å². The van der Waals surface area contributed by atoms with E-state index in [1.165, 1.54) is 29.7 Å². The van der Waals surface area contributed by atoms with Crippen molar-refractivity contribution in [1.29, 1.82) is 0 Å². The van der Waals surface area contributed by atoms with E-state index in [1.54, 1.807) is 12.1 Å². The van der Waals surface area contributed by atoms with Crippen LogP contribution in [0.3, 0.4) is 0 Å². The quantitative estimate of drug-likeness (QED) is 0.861. The summed E-state index contributed by atoms with van der Waals surface area (Å²) in [6.07, 6.45) is 5.61. The fourth-order valence-corrected chi connectivity index (χ4v) is 3.01. The molecule has 3 rings (SSSR count). The first-order chi connectivity index (χ1) is 10.6. The highest BCUT2D eigenvalue weighted by Crippen LogP contribution is 2.29. The molecule has 22 heavy (non-hydrogen) atoms.